The number of benzene rings is 3. The van der Waals surface area contributed by atoms with Crippen molar-refractivity contribution in [3.8, 4) is 11.5 Å². The van der Waals surface area contributed by atoms with E-state index in [0.29, 0.717) is 39.1 Å². The molecular formula is C25H19ClN2O4S. The number of amides is 1. The Morgan fingerprint density at radius 3 is 2.52 bits per heavy atom. The second-order valence-electron chi connectivity index (χ2n) is 6.83. The van der Waals surface area contributed by atoms with Crippen LogP contribution in [0.2, 0.25) is 5.02 Å². The molecule has 8 heteroatoms. The Bertz CT molecular complexity index is 1330. The summed E-state index contributed by atoms with van der Waals surface area (Å²) in [4.78, 5) is 25.4. The van der Waals surface area contributed by atoms with E-state index < -0.39 is 5.97 Å². The predicted octanol–water partition coefficient (Wildman–Crippen LogP) is 5.94. The Balaban J connectivity index is 1.45. The van der Waals surface area contributed by atoms with Gasteiger partial charge in [-0.25, -0.2) is 10.2 Å². The lowest BCUT2D eigenvalue weighted by Crippen LogP contribution is -2.17. The molecule has 0 aliphatic carbocycles. The van der Waals surface area contributed by atoms with E-state index in [1.165, 1.54) is 17.6 Å². The van der Waals surface area contributed by atoms with Gasteiger partial charge in [0.25, 0.3) is 5.91 Å². The molecule has 4 aromatic rings. The molecule has 1 heterocycles. The minimum atomic E-state index is -0.555. The number of ether oxygens (including phenoxy) is 2. The van der Waals surface area contributed by atoms with Gasteiger partial charge < -0.3 is 9.47 Å². The highest BCUT2D eigenvalue weighted by Gasteiger charge is 2.19. The van der Waals surface area contributed by atoms with Gasteiger partial charge in [0, 0.05) is 21.2 Å². The number of thiophene rings is 1. The van der Waals surface area contributed by atoms with E-state index in [4.69, 9.17) is 21.1 Å². The molecule has 0 radical (unpaired) electrons. The number of hydrazone groups is 1. The number of nitrogens with one attached hydrogen (secondary N) is 1. The number of carbonyl (C=O) groups excluding carboxylic acids is 2. The zero-order valence-electron chi connectivity index (χ0n) is 17.6. The molecule has 33 heavy (non-hydrogen) atoms. The number of para-hydroxylation sites is 1. The number of halogens is 1. The molecule has 0 atom stereocenters. The van der Waals surface area contributed by atoms with Crippen molar-refractivity contribution in [1.29, 1.82) is 0 Å². The molecule has 1 amide bonds. The minimum absolute atomic E-state index is 0.301. The fraction of sp³-hybridized carbons (Fsp3) is 0.0800. The predicted molar refractivity (Wildman–Crippen MR) is 131 cm³/mol. The Hall–Kier alpha value is -3.68. The average Bonchev–Trinajstić information content (AvgIpc) is 3.17. The van der Waals surface area contributed by atoms with E-state index in [2.05, 4.69) is 10.5 Å². The second kappa shape index (κ2) is 10.3. The molecule has 0 bridgehead atoms. The SMILES string of the molecule is CCOc1ccc(C(=O)N/N=C\c2ccccc2OC(=O)c2sc3ccccc3c2Cl)cc1. The van der Waals surface area contributed by atoms with Crippen molar-refractivity contribution in [1.82, 2.24) is 5.43 Å². The van der Waals surface area contributed by atoms with Gasteiger partial charge in [0.2, 0.25) is 0 Å². The van der Waals surface area contributed by atoms with Crippen LogP contribution in [-0.4, -0.2) is 24.7 Å². The van der Waals surface area contributed by atoms with E-state index in [0.717, 1.165) is 10.1 Å². The molecule has 3 aromatic carbocycles. The van der Waals surface area contributed by atoms with E-state index >= 15 is 0 Å². The standard InChI is InChI=1S/C25H19ClN2O4S/c1-2-31-18-13-11-16(12-14-18)24(29)28-27-15-17-7-3-5-9-20(17)32-25(30)23-22(26)19-8-4-6-10-21(19)33-23/h3-15H,2H2,1H3,(H,28,29)/b27-15-. The number of esters is 1. The van der Waals surface area contributed by atoms with Crippen LogP contribution in [-0.2, 0) is 0 Å². The lowest BCUT2D eigenvalue weighted by atomic mass is 10.2. The zero-order valence-corrected chi connectivity index (χ0v) is 19.2. The van der Waals surface area contributed by atoms with E-state index in [1.807, 2.05) is 31.2 Å². The molecule has 0 fully saturated rings. The van der Waals surface area contributed by atoms with Gasteiger partial charge >= 0.3 is 5.97 Å². The third-order valence-corrected chi connectivity index (χ3v) is 6.29. The van der Waals surface area contributed by atoms with Crippen molar-refractivity contribution in [3.05, 3.63) is 93.8 Å². The summed E-state index contributed by atoms with van der Waals surface area (Å²) >= 11 is 7.66. The van der Waals surface area contributed by atoms with Crippen LogP contribution in [0.4, 0.5) is 0 Å². The first-order valence-electron chi connectivity index (χ1n) is 10.1. The number of fused-ring (bicyclic) bond motifs is 1. The molecule has 166 valence electrons. The van der Waals surface area contributed by atoms with E-state index in [-0.39, 0.29) is 5.91 Å². The van der Waals surface area contributed by atoms with Gasteiger partial charge in [0.1, 0.15) is 16.4 Å². The highest BCUT2D eigenvalue weighted by Crippen LogP contribution is 2.36. The molecule has 0 aliphatic rings. The summed E-state index contributed by atoms with van der Waals surface area (Å²) in [6, 6.07) is 21.1. The van der Waals surface area contributed by atoms with Crippen LogP contribution in [0.15, 0.2) is 77.9 Å². The number of carbonyl (C=O) groups is 2. The molecule has 1 N–H and O–H groups in total. The Kier molecular flexibility index (Phi) is 7.02. The average molecular weight is 479 g/mol. The Morgan fingerprint density at radius 2 is 1.76 bits per heavy atom. The molecular weight excluding hydrogens is 460 g/mol. The maximum absolute atomic E-state index is 12.8. The fourth-order valence-electron chi connectivity index (χ4n) is 3.07. The van der Waals surface area contributed by atoms with Crippen LogP contribution in [0.5, 0.6) is 11.5 Å². The number of nitrogens with zero attached hydrogens (tertiary/aromatic N) is 1. The van der Waals surface area contributed by atoms with Crippen LogP contribution in [0.3, 0.4) is 0 Å². The summed E-state index contributed by atoms with van der Waals surface area (Å²) in [6.45, 7) is 2.44. The molecule has 6 nitrogen and oxygen atoms in total. The smallest absolute Gasteiger partial charge is 0.355 e. The van der Waals surface area contributed by atoms with Crippen LogP contribution in [0, 0.1) is 0 Å². The summed E-state index contributed by atoms with van der Waals surface area (Å²) < 4.78 is 11.9. The lowest BCUT2D eigenvalue weighted by Gasteiger charge is -2.07. The topological polar surface area (TPSA) is 77.0 Å². The first kappa shape index (κ1) is 22.5. The van der Waals surface area contributed by atoms with Crippen molar-refractivity contribution in [3.63, 3.8) is 0 Å². The second-order valence-corrected chi connectivity index (χ2v) is 8.26. The van der Waals surface area contributed by atoms with Crippen LogP contribution < -0.4 is 14.9 Å². The highest BCUT2D eigenvalue weighted by atomic mass is 35.5. The first-order valence-corrected chi connectivity index (χ1v) is 11.3. The fourth-order valence-corrected chi connectivity index (χ4v) is 4.45. The third kappa shape index (κ3) is 5.22. The molecule has 1 aromatic heterocycles. The van der Waals surface area contributed by atoms with Crippen LogP contribution in [0.25, 0.3) is 10.1 Å². The van der Waals surface area contributed by atoms with Crippen LogP contribution >= 0.6 is 22.9 Å². The van der Waals surface area contributed by atoms with Gasteiger partial charge in [-0.3, -0.25) is 4.79 Å². The Morgan fingerprint density at radius 1 is 1.03 bits per heavy atom. The lowest BCUT2D eigenvalue weighted by molar-refractivity contribution is 0.0739. The Labute approximate surface area is 199 Å². The molecule has 0 spiro atoms. The third-order valence-electron chi connectivity index (χ3n) is 4.64. The van der Waals surface area contributed by atoms with E-state index in [1.54, 1.807) is 48.5 Å². The van der Waals surface area contributed by atoms with Gasteiger partial charge in [-0.05, 0) is 49.4 Å². The van der Waals surface area contributed by atoms with Gasteiger partial charge in [0.05, 0.1) is 17.8 Å². The monoisotopic (exact) mass is 478 g/mol. The van der Waals surface area contributed by atoms with Crippen molar-refractivity contribution >= 4 is 51.1 Å². The number of hydrogen-bond donors (Lipinski definition) is 1. The largest absolute Gasteiger partial charge is 0.494 e. The molecule has 0 aliphatic heterocycles. The molecule has 0 unspecified atom stereocenters. The maximum Gasteiger partial charge on any atom is 0.355 e. The van der Waals surface area contributed by atoms with Crippen LogP contribution in [0.1, 0.15) is 32.5 Å². The number of hydrogen-bond acceptors (Lipinski definition) is 6. The molecule has 0 saturated carbocycles. The first-order chi connectivity index (χ1) is 16.1. The van der Waals surface area contributed by atoms with Gasteiger partial charge in [-0.15, -0.1) is 11.3 Å². The van der Waals surface area contributed by atoms with Gasteiger partial charge in [-0.1, -0.05) is 41.9 Å². The van der Waals surface area contributed by atoms with Crippen molar-refractivity contribution < 1.29 is 19.1 Å². The van der Waals surface area contributed by atoms with E-state index in [9.17, 15) is 9.59 Å². The van der Waals surface area contributed by atoms with Gasteiger partial charge in [-0.2, -0.15) is 5.10 Å². The number of rotatable bonds is 7. The maximum atomic E-state index is 12.8. The summed E-state index contributed by atoms with van der Waals surface area (Å²) in [5.41, 5.74) is 3.43. The highest BCUT2D eigenvalue weighted by molar-refractivity contribution is 7.21. The van der Waals surface area contributed by atoms with Gasteiger partial charge in [0.15, 0.2) is 0 Å². The summed E-state index contributed by atoms with van der Waals surface area (Å²) in [6.07, 6.45) is 1.42. The minimum Gasteiger partial charge on any atom is -0.494 e. The quantitative estimate of drug-likeness (QED) is 0.154. The normalized spacial score (nSPS) is 11.0. The molecule has 0 saturated heterocycles. The summed E-state index contributed by atoms with van der Waals surface area (Å²) in [5.74, 6) is 0.0587. The molecule has 4 rings (SSSR count). The summed E-state index contributed by atoms with van der Waals surface area (Å²) in [5, 5.41) is 5.18. The summed E-state index contributed by atoms with van der Waals surface area (Å²) in [7, 11) is 0. The van der Waals surface area contributed by atoms with Crippen molar-refractivity contribution in [2.24, 2.45) is 5.10 Å². The van der Waals surface area contributed by atoms with Crippen molar-refractivity contribution in [2.45, 2.75) is 6.92 Å². The zero-order chi connectivity index (χ0) is 23.2. The van der Waals surface area contributed by atoms with Crippen molar-refractivity contribution in [2.75, 3.05) is 6.61 Å².